The van der Waals surface area contributed by atoms with Crippen molar-refractivity contribution in [1.82, 2.24) is 4.90 Å². The zero-order valence-electron chi connectivity index (χ0n) is 6.24. The summed E-state index contributed by atoms with van der Waals surface area (Å²) in [7, 11) is 0. The van der Waals surface area contributed by atoms with Crippen molar-refractivity contribution in [2.45, 2.75) is 6.92 Å². The highest BCUT2D eigenvalue weighted by Gasteiger charge is 2.26. The SMILES string of the molecule is CC=CC(=O)N1CCOC1=O. The van der Waals surface area contributed by atoms with Gasteiger partial charge in [-0.1, -0.05) is 6.08 Å². The third kappa shape index (κ3) is 1.58. The highest BCUT2D eigenvalue weighted by Crippen LogP contribution is 2.03. The van der Waals surface area contributed by atoms with Gasteiger partial charge in [-0.05, 0) is 13.0 Å². The molecule has 11 heavy (non-hydrogen) atoms. The Labute approximate surface area is 64.4 Å². The summed E-state index contributed by atoms with van der Waals surface area (Å²) in [6, 6.07) is 0. The van der Waals surface area contributed by atoms with E-state index in [0.717, 1.165) is 4.90 Å². The van der Waals surface area contributed by atoms with Crippen LogP contribution in [0.2, 0.25) is 0 Å². The van der Waals surface area contributed by atoms with E-state index in [9.17, 15) is 9.59 Å². The number of rotatable bonds is 1. The quantitative estimate of drug-likeness (QED) is 0.519. The van der Waals surface area contributed by atoms with Gasteiger partial charge in [-0.25, -0.2) is 9.69 Å². The fourth-order valence-electron chi connectivity index (χ4n) is 0.826. The molecule has 1 fully saturated rings. The first kappa shape index (κ1) is 7.78. The van der Waals surface area contributed by atoms with E-state index in [1.165, 1.54) is 6.08 Å². The van der Waals surface area contributed by atoms with E-state index in [2.05, 4.69) is 4.74 Å². The Hall–Kier alpha value is -1.32. The minimum atomic E-state index is -0.548. The van der Waals surface area contributed by atoms with Crippen molar-refractivity contribution in [1.29, 1.82) is 0 Å². The Morgan fingerprint density at radius 1 is 1.73 bits per heavy atom. The maximum atomic E-state index is 11.0. The molecule has 0 aromatic heterocycles. The van der Waals surface area contributed by atoms with Crippen LogP contribution in [-0.2, 0) is 9.53 Å². The normalized spacial score (nSPS) is 17.5. The molecule has 0 atom stereocenters. The summed E-state index contributed by atoms with van der Waals surface area (Å²) in [5, 5.41) is 0. The van der Waals surface area contributed by atoms with Crippen molar-refractivity contribution < 1.29 is 14.3 Å². The molecule has 0 N–H and O–H groups in total. The molecule has 0 bridgehead atoms. The fourth-order valence-corrected chi connectivity index (χ4v) is 0.826. The van der Waals surface area contributed by atoms with Crippen LogP contribution in [0.4, 0.5) is 4.79 Å². The van der Waals surface area contributed by atoms with Gasteiger partial charge in [0.05, 0.1) is 6.54 Å². The summed E-state index contributed by atoms with van der Waals surface area (Å²) in [4.78, 5) is 22.8. The summed E-state index contributed by atoms with van der Waals surface area (Å²) < 4.78 is 4.57. The largest absolute Gasteiger partial charge is 0.447 e. The summed E-state index contributed by atoms with van der Waals surface area (Å²) in [6.07, 6.45) is 2.38. The van der Waals surface area contributed by atoms with Gasteiger partial charge in [0.2, 0.25) is 0 Å². The maximum Gasteiger partial charge on any atom is 0.416 e. The molecule has 60 valence electrons. The second kappa shape index (κ2) is 3.18. The second-order valence-corrected chi connectivity index (χ2v) is 2.10. The maximum absolute atomic E-state index is 11.0. The highest BCUT2D eigenvalue weighted by atomic mass is 16.6. The van der Waals surface area contributed by atoms with E-state index >= 15 is 0 Å². The molecule has 4 nitrogen and oxygen atoms in total. The van der Waals surface area contributed by atoms with Crippen molar-refractivity contribution >= 4 is 12.0 Å². The molecule has 0 unspecified atom stereocenters. The van der Waals surface area contributed by atoms with E-state index in [4.69, 9.17) is 0 Å². The van der Waals surface area contributed by atoms with Crippen molar-refractivity contribution in [3.05, 3.63) is 12.2 Å². The molecule has 0 aromatic carbocycles. The number of imide groups is 1. The van der Waals surface area contributed by atoms with Crippen molar-refractivity contribution in [2.24, 2.45) is 0 Å². The molecule has 1 aliphatic heterocycles. The molecule has 2 amide bonds. The first-order valence-electron chi connectivity index (χ1n) is 3.36. The zero-order chi connectivity index (χ0) is 8.27. The van der Waals surface area contributed by atoms with Crippen molar-refractivity contribution in [3.63, 3.8) is 0 Å². The molecular weight excluding hydrogens is 146 g/mol. The number of cyclic esters (lactones) is 1. The smallest absolute Gasteiger partial charge is 0.416 e. The molecule has 0 aromatic rings. The molecule has 4 heteroatoms. The molecule has 1 aliphatic rings. The van der Waals surface area contributed by atoms with Crippen LogP contribution in [0.5, 0.6) is 0 Å². The third-order valence-electron chi connectivity index (χ3n) is 1.34. The number of nitrogens with zero attached hydrogens (tertiary/aromatic N) is 1. The highest BCUT2D eigenvalue weighted by molar-refractivity contribution is 5.99. The predicted molar refractivity (Wildman–Crippen MR) is 37.9 cm³/mol. The number of carbonyl (C=O) groups excluding carboxylic acids is 2. The van der Waals surface area contributed by atoms with Crippen LogP contribution in [0.15, 0.2) is 12.2 Å². The van der Waals surface area contributed by atoms with Crippen molar-refractivity contribution in [2.75, 3.05) is 13.2 Å². The average molecular weight is 155 g/mol. The molecule has 1 rings (SSSR count). The number of allylic oxidation sites excluding steroid dienone is 1. The van der Waals surface area contributed by atoms with E-state index in [1.807, 2.05) is 0 Å². The van der Waals surface area contributed by atoms with Gasteiger partial charge in [-0.15, -0.1) is 0 Å². The molecule has 1 saturated heterocycles. The van der Waals surface area contributed by atoms with Crippen molar-refractivity contribution in [3.8, 4) is 0 Å². The first-order chi connectivity index (χ1) is 5.25. The fraction of sp³-hybridized carbons (Fsp3) is 0.429. The van der Waals surface area contributed by atoms with Gasteiger partial charge in [0.15, 0.2) is 0 Å². The molecule has 0 radical (unpaired) electrons. The Morgan fingerprint density at radius 3 is 2.91 bits per heavy atom. The Balaban J connectivity index is 2.59. The van der Waals surface area contributed by atoms with Gasteiger partial charge >= 0.3 is 6.09 Å². The lowest BCUT2D eigenvalue weighted by molar-refractivity contribution is -0.122. The van der Waals surface area contributed by atoms with Crippen LogP contribution >= 0.6 is 0 Å². The van der Waals surface area contributed by atoms with Gasteiger partial charge in [0, 0.05) is 0 Å². The Kier molecular flexibility index (Phi) is 2.25. The minimum Gasteiger partial charge on any atom is -0.447 e. The standard InChI is InChI=1S/C7H9NO3/c1-2-3-6(9)8-4-5-11-7(8)10/h2-3H,4-5H2,1H3. The number of carbonyl (C=O) groups is 2. The lowest BCUT2D eigenvalue weighted by Crippen LogP contribution is -2.29. The molecule has 1 heterocycles. The monoisotopic (exact) mass is 155 g/mol. The Bertz CT molecular complexity index is 210. The van der Waals surface area contributed by atoms with Gasteiger partial charge in [-0.3, -0.25) is 4.79 Å². The zero-order valence-corrected chi connectivity index (χ0v) is 6.24. The summed E-state index contributed by atoms with van der Waals surface area (Å²) in [5.41, 5.74) is 0. The average Bonchev–Trinajstić information content (AvgIpc) is 2.36. The van der Waals surface area contributed by atoms with Crippen LogP contribution in [0.25, 0.3) is 0 Å². The van der Waals surface area contributed by atoms with Gasteiger partial charge in [-0.2, -0.15) is 0 Å². The van der Waals surface area contributed by atoms with Crippen LogP contribution in [0.1, 0.15) is 6.92 Å². The summed E-state index contributed by atoms with van der Waals surface area (Å²) in [6.45, 7) is 2.39. The van der Waals surface area contributed by atoms with E-state index < -0.39 is 6.09 Å². The molecular formula is C7H9NO3. The molecule has 0 aliphatic carbocycles. The summed E-state index contributed by atoms with van der Waals surface area (Å²) >= 11 is 0. The van der Waals surface area contributed by atoms with Gasteiger partial charge in [0.25, 0.3) is 5.91 Å². The number of hydrogen-bond acceptors (Lipinski definition) is 3. The second-order valence-electron chi connectivity index (χ2n) is 2.10. The van der Waals surface area contributed by atoms with E-state index in [1.54, 1.807) is 13.0 Å². The minimum absolute atomic E-state index is 0.308. The number of ether oxygens (including phenoxy) is 1. The van der Waals surface area contributed by atoms with Gasteiger partial charge < -0.3 is 4.74 Å². The van der Waals surface area contributed by atoms with Crippen LogP contribution in [-0.4, -0.2) is 30.1 Å². The predicted octanol–water partition coefficient (Wildman–Crippen LogP) is 0.541. The van der Waals surface area contributed by atoms with Crippen LogP contribution < -0.4 is 0 Å². The van der Waals surface area contributed by atoms with E-state index in [0.29, 0.717) is 13.2 Å². The summed E-state index contributed by atoms with van der Waals surface area (Å²) in [5.74, 6) is -0.310. The first-order valence-corrected chi connectivity index (χ1v) is 3.36. The molecule has 0 spiro atoms. The molecule has 0 saturated carbocycles. The number of amides is 2. The Morgan fingerprint density at radius 2 is 2.45 bits per heavy atom. The third-order valence-corrected chi connectivity index (χ3v) is 1.34. The number of hydrogen-bond donors (Lipinski definition) is 0. The lowest BCUT2D eigenvalue weighted by atomic mass is 10.4. The lowest BCUT2D eigenvalue weighted by Gasteiger charge is -2.05. The van der Waals surface area contributed by atoms with Crippen LogP contribution in [0, 0.1) is 0 Å². The van der Waals surface area contributed by atoms with E-state index in [-0.39, 0.29) is 5.91 Å². The van der Waals surface area contributed by atoms with Gasteiger partial charge in [0.1, 0.15) is 6.61 Å². The van der Waals surface area contributed by atoms with Crippen LogP contribution in [0.3, 0.4) is 0 Å². The topological polar surface area (TPSA) is 46.6 Å².